The van der Waals surface area contributed by atoms with E-state index in [1.807, 2.05) is 6.07 Å². The van der Waals surface area contributed by atoms with E-state index >= 15 is 0 Å². The first-order chi connectivity index (χ1) is 11.2. The van der Waals surface area contributed by atoms with Crippen molar-refractivity contribution in [3.63, 3.8) is 0 Å². The van der Waals surface area contributed by atoms with Gasteiger partial charge >= 0.3 is 0 Å². The van der Waals surface area contributed by atoms with Crippen molar-refractivity contribution in [1.29, 1.82) is 5.26 Å². The molecule has 0 spiro atoms. The molecule has 0 unspecified atom stereocenters. The van der Waals surface area contributed by atoms with Gasteiger partial charge in [-0.1, -0.05) is 17.7 Å². The average molecular weight is 333 g/mol. The monoisotopic (exact) mass is 332 g/mol. The lowest BCUT2D eigenvalue weighted by Crippen LogP contribution is -2.44. The van der Waals surface area contributed by atoms with Gasteiger partial charge in [0.2, 0.25) is 17.5 Å². The molecule has 0 aliphatic carbocycles. The quantitative estimate of drug-likeness (QED) is 0.857. The highest BCUT2D eigenvalue weighted by Crippen LogP contribution is 2.24. The van der Waals surface area contributed by atoms with E-state index in [2.05, 4.69) is 27.9 Å². The van der Waals surface area contributed by atoms with E-state index in [0.717, 1.165) is 26.2 Å². The van der Waals surface area contributed by atoms with Gasteiger partial charge < -0.3 is 19.0 Å². The highest BCUT2D eigenvalue weighted by molar-refractivity contribution is 6.30. The maximum Gasteiger partial charge on any atom is 0.236 e. The van der Waals surface area contributed by atoms with Gasteiger partial charge in [-0.15, -0.1) is 0 Å². The second kappa shape index (κ2) is 6.90. The molecule has 23 heavy (non-hydrogen) atoms. The standard InChI is InChI=1S/C16H17ClN4O2/c1-20-5-7-21(8-6-20)16-14(10-18)19-15(23-16)11-22-13-4-2-3-12(17)9-13/h2-4,9H,5-8,11H2,1H3. The zero-order valence-electron chi connectivity index (χ0n) is 12.8. The molecule has 1 aromatic heterocycles. The van der Waals surface area contributed by atoms with Crippen LogP contribution in [0.3, 0.4) is 0 Å². The van der Waals surface area contributed by atoms with E-state index in [-0.39, 0.29) is 6.61 Å². The Morgan fingerprint density at radius 2 is 2.13 bits per heavy atom. The van der Waals surface area contributed by atoms with Gasteiger partial charge in [0.25, 0.3) is 0 Å². The number of halogens is 1. The Balaban J connectivity index is 1.70. The summed E-state index contributed by atoms with van der Waals surface area (Å²) < 4.78 is 11.4. The molecule has 2 aromatic rings. The Labute approximate surface area is 139 Å². The van der Waals surface area contributed by atoms with Gasteiger partial charge in [0.05, 0.1) is 0 Å². The summed E-state index contributed by atoms with van der Waals surface area (Å²) in [5.41, 5.74) is 0.305. The molecule has 1 aliphatic rings. The van der Waals surface area contributed by atoms with Crippen LogP contribution >= 0.6 is 11.6 Å². The molecule has 0 amide bonds. The number of anilines is 1. The smallest absolute Gasteiger partial charge is 0.236 e. The number of aromatic nitrogens is 1. The molecule has 0 bridgehead atoms. The van der Waals surface area contributed by atoms with Crippen LogP contribution in [0.25, 0.3) is 0 Å². The van der Waals surface area contributed by atoms with Gasteiger partial charge in [-0.3, -0.25) is 0 Å². The van der Waals surface area contributed by atoms with E-state index in [9.17, 15) is 5.26 Å². The number of hydrogen-bond acceptors (Lipinski definition) is 6. The second-order valence-electron chi connectivity index (χ2n) is 5.41. The summed E-state index contributed by atoms with van der Waals surface area (Å²) >= 11 is 5.92. The number of benzene rings is 1. The number of hydrogen-bond donors (Lipinski definition) is 0. The molecule has 1 saturated heterocycles. The molecule has 0 radical (unpaired) electrons. The fourth-order valence-electron chi connectivity index (χ4n) is 2.42. The van der Waals surface area contributed by atoms with Crippen molar-refractivity contribution < 1.29 is 9.15 Å². The summed E-state index contributed by atoms with van der Waals surface area (Å²) in [6.07, 6.45) is 0. The molecule has 0 N–H and O–H groups in total. The molecule has 1 aliphatic heterocycles. The minimum absolute atomic E-state index is 0.156. The molecule has 7 heteroatoms. The first-order valence-electron chi connectivity index (χ1n) is 7.37. The lowest BCUT2D eigenvalue weighted by molar-refractivity contribution is 0.260. The van der Waals surface area contributed by atoms with Crippen molar-refractivity contribution in [3.8, 4) is 11.8 Å². The van der Waals surface area contributed by atoms with Gasteiger partial charge in [-0.25, -0.2) is 0 Å². The third-order valence-corrected chi connectivity index (χ3v) is 3.94. The van der Waals surface area contributed by atoms with Crippen molar-refractivity contribution in [3.05, 3.63) is 40.9 Å². The van der Waals surface area contributed by atoms with Gasteiger partial charge in [-0.2, -0.15) is 10.2 Å². The first kappa shape index (κ1) is 15.7. The molecular weight excluding hydrogens is 316 g/mol. The van der Waals surface area contributed by atoms with Crippen LogP contribution in [0.5, 0.6) is 5.75 Å². The number of likely N-dealkylation sites (N-methyl/N-ethyl adjacent to an activating group) is 1. The van der Waals surface area contributed by atoms with Crippen LogP contribution in [0.15, 0.2) is 28.7 Å². The molecule has 120 valence electrons. The molecule has 3 rings (SSSR count). The highest BCUT2D eigenvalue weighted by Gasteiger charge is 2.23. The van der Waals surface area contributed by atoms with E-state index in [4.69, 9.17) is 20.8 Å². The number of piperazine rings is 1. The van der Waals surface area contributed by atoms with Gasteiger partial charge in [0.15, 0.2) is 6.61 Å². The molecule has 0 saturated carbocycles. The summed E-state index contributed by atoms with van der Waals surface area (Å²) in [4.78, 5) is 8.51. The van der Waals surface area contributed by atoms with Gasteiger partial charge in [-0.05, 0) is 25.2 Å². The van der Waals surface area contributed by atoms with Crippen molar-refractivity contribution in [2.24, 2.45) is 0 Å². The van der Waals surface area contributed by atoms with Crippen LogP contribution in [0.2, 0.25) is 5.02 Å². The van der Waals surface area contributed by atoms with Crippen molar-refractivity contribution in [2.75, 3.05) is 38.1 Å². The normalized spacial score (nSPS) is 15.4. The fraction of sp³-hybridized carbons (Fsp3) is 0.375. The fourth-order valence-corrected chi connectivity index (χ4v) is 2.60. The molecule has 6 nitrogen and oxygen atoms in total. The van der Waals surface area contributed by atoms with Crippen LogP contribution < -0.4 is 9.64 Å². The SMILES string of the molecule is CN1CCN(c2oc(COc3cccc(Cl)c3)nc2C#N)CC1. The summed E-state index contributed by atoms with van der Waals surface area (Å²) in [5, 5.41) is 9.87. The van der Waals surface area contributed by atoms with Crippen molar-refractivity contribution >= 4 is 17.5 Å². The van der Waals surface area contributed by atoms with Crippen molar-refractivity contribution in [2.45, 2.75) is 6.61 Å². The Hall–Kier alpha value is -2.23. The molecule has 1 fully saturated rings. The minimum atomic E-state index is 0.156. The average Bonchev–Trinajstić information content (AvgIpc) is 2.97. The second-order valence-corrected chi connectivity index (χ2v) is 5.85. The molecular formula is C16H17ClN4O2. The molecule has 2 heterocycles. The largest absolute Gasteiger partial charge is 0.484 e. The van der Waals surface area contributed by atoms with Crippen molar-refractivity contribution in [1.82, 2.24) is 9.88 Å². The van der Waals surface area contributed by atoms with E-state index < -0.39 is 0 Å². The predicted molar refractivity (Wildman–Crippen MR) is 86.7 cm³/mol. The van der Waals surface area contributed by atoms with Gasteiger partial charge in [0.1, 0.15) is 11.8 Å². The Morgan fingerprint density at radius 1 is 1.35 bits per heavy atom. The van der Waals surface area contributed by atoms with E-state index in [1.165, 1.54) is 0 Å². The van der Waals surface area contributed by atoms with Crippen LogP contribution in [0.1, 0.15) is 11.6 Å². The number of rotatable bonds is 4. The molecule has 1 aromatic carbocycles. The third kappa shape index (κ3) is 3.76. The Bertz CT molecular complexity index is 717. The summed E-state index contributed by atoms with van der Waals surface area (Å²) in [6, 6.07) is 9.21. The Morgan fingerprint density at radius 3 is 2.83 bits per heavy atom. The summed E-state index contributed by atoms with van der Waals surface area (Å²) in [5.74, 6) is 1.55. The van der Waals surface area contributed by atoms with Crippen LogP contribution in [0, 0.1) is 11.3 Å². The molecule has 0 atom stereocenters. The third-order valence-electron chi connectivity index (χ3n) is 3.71. The first-order valence-corrected chi connectivity index (χ1v) is 7.75. The lowest BCUT2D eigenvalue weighted by atomic mass is 10.3. The van der Waals surface area contributed by atoms with Crippen LogP contribution in [-0.4, -0.2) is 43.1 Å². The van der Waals surface area contributed by atoms with E-state index in [0.29, 0.717) is 28.2 Å². The number of nitrogens with zero attached hydrogens (tertiary/aromatic N) is 4. The maximum absolute atomic E-state index is 9.27. The summed E-state index contributed by atoms with van der Waals surface area (Å²) in [7, 11) is 2.08. The number of nitriles is 1. The van der Waals surface area contributed by atoms with E-state index in [1.54, 1.807) is 18.2 Å². The topological polar surface area (TPSA) is 65.5 Å². The maximum atomic E-state index is 9.27. The Kier molecular flexibility index (Phi) is 4.70. The van der Waals surface area contributed by atoms with Gasteiger partial charge in [0, 0.05) is 31.2 Å². The predicted octanol–water partition coefficient (Wildman–Crippen LogP) is 2.53. The zero-order chi connectivity index (χ0) is 16.2. The zero-order valence-corrected chi connectivity index (χ0v) is 13.6. The lowest BCUT2D eigenvalue weighted by Gasteiger charge is -2.31. The van der Waals surface area contributed by atoms with Crippen LogP contribution in [0.4, 0.5) is 5.88 Å². The number of oxazole rings is 1. The minimum Gasteiger partial charge on any atom is -0.484 e. The summed E-state index contributed by atoms with van der Waals surface area (Å²) in [6.45, 7) is 3.65. The number of ether oxygens (including phenoxy) is 1. The van der Waals surface area contributed by atoms with Crippen LogP contribution in [-0.2, 0) is 6.61 Å². The highest BCUT2D eigenvalue weighted by atomic mass is 35.5.